The first-order valence-corrected chi connectivity index (χ1v) is 7.87. The van der Waals surface area contributed by atoms with Crippen LogP contribution in [0.2, 0.25) is 0 Å². The zero-order valence-electron chi connectivity index (χ0n) is 13.5. The molecular weight excluding hydrogens is 310 g/mol. The van der Waals surface area contributed by atoms with Crippen LogP contribution in [0.4, 0.5) is 4.79 Å². The maximum absolute atomic E-state index is 12.2. The molecule has 2 heterocycles. The van der Waals surface area contributed by atoms with Gasteiger partial charge < -0.3 is 14.4 Å². The number of benzene rings is 1. The quantitative estimate of drug-likeness (QED) is 0.804. The van der Waals surface area contributed by atoms with Crippen molar-refractivity contribution in [1.29, 1.82) is 0 Å². The van der Waals surface area contributed by atoms with Crippen LogP contribution in [-0.2, 0) is 29.2 Å². The van der Waals surface area contributed by atoms with Crippen molar-refractivity contribution < 1.29 is 19.1 Å². The maximum atomic E-state index is 12.2. The molecule has 1 amide bonds. The summed E-state index contributed by atoms with van der Waals surface area (Å²) in [6.07, 6.45) is -0.371. The molecule has 0 N–H and O–H groups in total. The van der Waals surface area contributed by atoms with E-state index in [-0.39, 0.29) is 18.4 Å². The molecule has 0 radical (unpaired) electrons. The molecule has 1 aromatic heterocycles. The summed E-state index contributed by atoms with van der Waals surface area (Å²) in [7, 11) is 0. The van der Waals surface area contributed by atoms with Gasteiger partial charge in [-0.3, -0.25) is 4.68 Å². The molecular formula is C17H19N3O4. The van der Waals surface area contributed by atoms with Crippen LogP contribution in [0.15, 0.2) is 36.4 Å². The van der Waals surface area contributed by atoms with Gasteiger partial charge in [-0.2, -0.15) is 5.10 Å². The second-order valence-electron chi connectivity index (χ2n) is 5.43. The van der Waals surface area contributed by atoms with E-state index in [0.717, 1.165) is 11.3 Å². The number of hydrogen-bond acceptors (Lipinski definition) is 5. The minimum atomic E-state index is -0.447. The van der Waals surface area contributed by atoms with Crippen LogP contribution in [-0.4, -0.2) is 39.9 Å². The van der Waals surface area contributed by atoms with Gasteiger partial charge in [0.15, 0.2) is 5.69 Å². The topological polar surface area (TPSA) is 73.7 Å². The van der Waals surface area contributed by atoms with Crippen LogP contribution in [0.3, 0.4) is 0 Å². The predicted octanol–water partition coefficient (Wildman–Crippen LogP) is 2.21. The lowest BCUT2D eigenvalue weighted by Crippen LogP contribution is -2.38. The number of hydrogen-bond donors (Lipinski definition) is 0. The standard InChI is InChI=1S/C17H19N3O4/c1-2-23-16(21)15-10-14-11-19(8-9-20(14)18-15)17(22)24-12-13-6-4-3-5-7-13/h3-7,10H,2,8-9,11-12H2,1H3. The number of amides is 1. The number of fused-ring (bicyclic) bond motifs is 1. The van der Waals surface area contributed by atoms with Gasteiger partial charge in [-0.25, -0.2) is 9.59 Å². The minimum Gasteiger partial charge on any atom is -0.461 e. The third-order valence-electron chi connectivity index (χ3n) is 3.75. The van der Waals surface area contributed by atoms with Gasteiger partial charge in [0.25, 0.3) is 0 Å². The SMILES string of the molecule is CCOC(=O)c1cc2n(n1)CCN(C(=O)OCc1ccccc1)C2. The molecule has 7 heteroatoms. The van der Waals surface area contributed by atoms with Crippen molar-refractivity contribution >= 4 is 12.1 Å². The molecule has 24 heavy (non-hydrogen) atoms. The molecule has 0 spiro atoms. The van der Waals surface area contributed by atoms with Crippen molar-refractivity contribution in [2.45, 2.75) is 26.6 Å². The first-order chi connectivity index (χ1) is 11.7. The first kappa shape index (κ1) is 16.0. The molecule has 2 aromatic rings. The molecule has 0 atom stereocenters. The molecule has 0 bridgehead atoms. The van der Waals surface area contributed by atoms with Gasteiger partial charge in [0.2, 0.25) is 0 Å². The average molecular weight is 329 g/mol. The van der Waals surface area contributed by atoms with E-state index in [0.29, 0.717) is 26.2 Å². The van der Waals surface area contributed by atoms with E-state index in [1.165, 1.54) is 0 Å². The molecule has 0 fully saturated rings. The van der Waals surface area contributed by atoms with Crippen molar-refractivity contribution in [3.63, 3.8) is 0 Å². The molecule has 0 unspecified atom stereocenters. The lowest BCUT2D eigenvalue weighted by Gasteiger charge is -2.26. The largest absolute Gasteiger partial charge is 0.461 e. The third-order valence-corrected chi connectivity index (χ3v) is 3.75. The van der Waals surface area contributed by atoms with Crippen molar-refractivity contribution in [1.82, 2.24) is 14.7 Å². The summed E-state index contributed by atoms with van der Waals surface area (Å²) in [5, 5.41) is 4.22. The Labute approximate surface area is 139 Å². The first-order valence-electron chi connectivity index (χ1n) is 7.87. The fourth-order valence-corrected chi connectivity index (χ4v) is 2.54. The van der Waals surface area contributed by atoms with Crippen molar-refractivity contribution in [2.75, 3.05) is 13.2 Å². The number of rotatable bonds is 4. The summed E-state index contributed by atoms with van der Waals surface area (Å²) >= 11 is 0. The summed E-state index contributed by atoms with van der Waals surface area (Å²) in [5.74, 6) is -0.447. The summed E-state index contributed by atoms with van der Waals surface area (Å²) < 4.78 is 12.0. The number of esters is 1. The zero-order chi connectivity index (χ0) is 16.9. The lowest BCUT2D eigenvalue weighted by molar-refractivity contribution is 0.0517. The molecule has 0 saturated heterocycles. The number of aromatic nitrogens is 2. The Morgan fingerprint density at radius 1 is 1.17 bits per heavy atom. The Hall–Kier alpha value is -2.83. The van der Waals surface area contributed by atoms with Crippen LogP contribution in [0.5, 0.6) is 0 Å². The predicted molar refractivity (Wildman–Crippen MR) is 85.2 cm³/mol. The van der Waals surface area contributed by atoms with E-state index < -0.39 is 5.97 Å². The fourth-order valence-electron chi connectivity index (χ4n) is 2.54. The van der Waals surface area contributed by atoms with Gasteiger partial charge in [-0.1, -0.05) is 30.3 Å². The summed E-state index contributed by atoms with van der Waals surface area (Å²) in [6, 6.07) is 11.2. The molecule has 3 rings (SSSR count). The molecule has 1 aromatic carbocycles. The van der Waals surface area contributed by atoms with Gasteiger partial charge in [-0.05, 0) is 18.6 Å². The van der Waals surface area contributed by atoms with Gasteiger partial charge in [0.1, 0.15) is 6.61 Å². The van der Waals surface area contributed by atoms with Gasteiger partial charge in [0, 0.05) is 6.54 Å². The van der Waals surface area contributed by atoms with E-state index in [1.54, 1.807) is 22.6 Å². The Morgan fingerprint density at radius 2 is 1.96 bits per heavy atom. The molecule has 7 nitrogen and oxygen atoms in total. The van der Waals surface area contributed by atoms with E-state index >= 15 is 0 Å². The lowest BCUT2D eigenvalue weighted by atomic mass is 10.2. The highest BCUT2D eigenvalue weighted by Crippen LogP contribution is 2.16. The molecule has 1 aliphatic heterocycles. The number of ether oxygens (including phenoxy) is 2. The van der Waals surface area contributed by atoms with Gasteiger partial charge in [-0.15, -0.1) is 0 Å². The fraction of sp³-hybridized carbons (Fsp3) is 0.353. The Kier molecular flexibility index (Phi) is 4.79. The van der Waals surface area contributed by atoms with E-state index in [4.69, 9.17) is 9.47 Å². The minimum absolute atomic E-state index is 0.240. The summed E-state index contributed by atoms with van der Waals surface area (Å²) in [6.45, 7) is 3.67. The smallest absolute Gasteiger partial charge is 0.410 e. The maximum Gasteiger partial charge on any atom is 0.410 e. The number of carbonyl (C=O) groups is 2. The summed E-state index contributed by atoms with van der Waals surface area (Å²) in [5.41, 5.74) is 2.00. The molecule has 126 valence electrons. The Morgan fingerprint density at radius 3 is 2.71 bits per heavy atom. The second-order valence-corrected chi connectivity index (χ2v) is 5.43. The van der Waals surface area contributed by atoms with Crippen molar-refractivity contribution in [3.8, 4) is 0 Å². The monoisotopic (exact) mass is 329 g/mol. The average Bonchev–Trinajstić information content (AvgIpc) is 3.04. The highest BCUT2D eigenvalue weighted by atomic mass is 16.6. The third kappa shape index (κ3) is 3.56. The second kappa shape index (κ2) is 7.16. The molecule has 0 saturated carbocycles. The van der Waals surface area contributed by atoms with E-state index in [2.05, 4.69) is 5.10 Å². The van der Waals surface area contributed by atoms with Crippen molar-refractivity contribution in [3.05, 3.63) is 53.3 Å². The van der Waals surface area contributed by atoms with E-state index in [1.807, 2.05) is 30.3 Å². The van der Waals surface area contributed by atoms with Gasteiger partial charge in [0.05, 0.1) is 25.4 Å². The molecule has 0 aliphatic carbocycles. The van der Waals surface area contributed by atoms with Crippen LogP contribution < -0.4 is 0 Å². The number of carbonyl (C=O) groups excluding carboxylic acids is 2. The number of nitrogens with zero attached hydrogens (tertiary/aromatic N) is 3. The zero-order valence-corrected chi connectivity index (χ0v) is 13.5. The molecule has 1 aliphatic rings. The van der Waals surface area contributed by atoms with Crippen LogP contribution >= 0.6 is 0 Å². The van der Waals surface area contributed by atoms with E-state index in [9.17, 15) is 9.59 Å². The highest BCUT2D eigenvalue weighted by Gasteiger charge is 2.25. The summed E-state index contributed by atoms with van der Waals surface area (Å²) in [4.78, 5) is 25.5. The van der Waals surface area contributed by atoms with Crippen LogP contribution in [0, 0.1) is 0 Å². The van der Waals surface area contributed by atoms with Gasteiger partial charge >= 0.3 is 12.1 Å². The Balaban J connectivity index is 1.60. The van der Waals surface area contributed by atoms with Crippen molar-refractivity contribution in [2.24, 2.45) is 0 Å². The normalized spacial score (nSPS) is 13.3. The van der Waals surface area contributed by atoms with Crippen LogP contribution in [0.25, 0.3) is 0 Å². The van der Waals surface area contributed by atoms with Crippen LogP contribution in [0.1, 0.15) is 28.7 Å². The highest BCUT2D eigenvalue weighted by molar-refractivity contribution is 5.87. The Bertz CT molecular complexity index is 727.